The van der Waals surface area contributed by atoms with Gasteiger partial charge >= 0.3 is 0 Å². The first kappa shape index (κ1) is 16.7. The Morgan fingerprint density at radius 2 is 1.74 bits per heavy atom. The van der Waals surface area contributed by atoms with Gasteiger partial charge in [-0.2, -0.15) is 0 Å². The Hall–Kier alpha value is -1.18. The van der Waals surface area contributed by atoms with Crippen LogP contribution in [-0.2, 0) is 0 Å². The monoisotopic (exact) mass is 499 g/mol. The molecule has 0 unspecified atom stereocenters. The largest absolute Gasteiger partial charge is 0.489 e. The van der Waals surface area contributed by atoms with E-state index >= 15 is 0 Å². The number of fused-ring (bicyclic) bond motifs is 1. The number of halogens is 3. The first-order valence-electron chi connectivity index (χ1n) is 6.86. The summed E-state index contributed by atoms with van der Waals surface area (Å²) in [6.07, 6.45) is 1.56. The predicted octanol–water partition coefficient (Wildman–Crippen LogP) is 5.41. The van der Waals surface area contributed by atoms with Gasteiger partial charge in [0, 0.05) is 9.86 Å². The quantitative estimate of drug-likeness (QED) is 0.475. The molecule has 1 heterocycles. The third-order valence-electron chi connectivity index (χ3n) is 3.15. The van der Waals surface area contributed by atoms with Crippen molar-refractivity contribution in [2.24, 2.45) is 0 Å². The average Bonchev–Trinajstić information content (AvgIpc) is 2.53. The van der Waals surface area contributed by atoms with Crippen LogP contribution >= 0.6 is 47.8 Å². The summed E-state index contributed by atoms with van der Waals surface area (Å²) in [6, 6.07) is 11.8. The van der Waals surface area contributed by atoms with Crippen LogP contribution in [0.3, 0.4) is 0 Å². The van der Waals surface area contributed by atoms with Crippen molar-refractivity contribution >= 4 is 64.5 Å². The SMILES string of the molecule is Brc1cc(Br)c(OCCNc2ncnc3ccccc23)c(Br)c1. The minimum atomic E-state index is 0.511. The molecule has 4 nitrogen and oxygen atoms in total. The van der Waals surface area contributed by atoms with Crippen molar-refractivity contribution in [3.8, 4) is 5.75 Å². The Morgan fingerprint density at radius 3 is 2.52 bits per heavy atom. The van der Waals surface area contributed by atoms with Crippen LogP contribution in [0.25, 0.3) is 10.9 Å². The molecule has 2 aromatic carbocycles. The summed E-state index contributed by atoms with van der Waals surface area (Å²) in [7, 11) is 0. The number of ether oxygens (including phenoxy) is 1. The normalized spacial score (nSPS) is 10.7. The van der Waals surface area contributed by atoms with E-state index in [0.29, 0.717) is 13.2 Å². The first-order valence-corrected chi connectivity index (χ1v) is 9.24. The second-order valence-corrected chi connectivity index (χ2v) is 7.34. The lowest BCUT2D eigenvalue weighted by molar-refractivity contribution is 0.328. The molecule has 3 rings (SSSR count). The number of anilines is 1. The zero-order valence-corrected chi connectivity index (χ0v) is 16.7. The van der Waals surface area contributed by atoms with Crippen molar-refractivity contribution < 1.29 is 4.74 Å². The standard InChI is InChI=1S/C16H12Br3N3O/c17-10-7-12(18)15(13(19)8-10)23-6-5-20-16-11-3-1-2-4-14(11)21-9-22-16/h1-4,7-9H,5-6H2,(H,20,21,22). The van der Waals surface area contributed by atoms with Crippen molar-refractivity contribution in [1.29, 1.82) is 0 Å². The zero-order valence-electron chi connectivity index (χ0n) is 11.9. The molecule has 0 aliphatic rings. The van der Waals surface area contributed by atoms with Gasteiger partial charge in [0.1, 0.15) is 24.5 Å². The summed E-state index contributed by atoms with van der Waals surface area (Å²) < 4.78 is 8.61. The van der Waals surface area contributed by atoms with E-state index in [0.717, 1.165) is 35.9 Å². The van der Waals surface area contributed by atoms with Crippen LogP contribution in [-0.4, -0.2) is 23.1 Å². The van der Waals surface area contributed by atoms with Crippen LogP contribution in [0.5, 0.6) is 5.75 Å². The summed E-state index contributed by atoms with van der Waals surface area (Å²) in [5.74, 6) is 1.59. The number of hydrogen-bond acceptors (Lipinski definition) is 4. The lowest BCUT2D eigenvalue weighted by Crippen LogP contribution is -2.13. The van der Waals surface area contributed by atoms with E-state index in [4.69, 9.17) is 4.74 Å². The van der Waals surface area contributed by atoms with E-state index in [1.165, 1.54) is 0 Å². The molecule has 0 amide bonds. The van der Waals surface area contributed by atoms with Crippen molar-refractivity contribution in [3.63, 3.8) is 0 Å². The van der Waals surface area contributed by atoms with Gasteiger partial charge < -0.3 is 10.1 Å². The van der Waals surface area contributed by atoms with Gasteiger partial charge in [-0.3, -0.25) is 0 Å². The van der Waals surface area contributed by atoms with Gasteiger partial charge in [0.25, 0.3) is 0 Å². The van der Waals surface area contributed by atoms with Gasteiger partial charge in [-0.15, -0.1) is 0 Å². The Bertz CT molecular complexity index is 813. The maximum absolute atomic E-state index is 5.84. The number of nitrogens with one attached hydrogen (secondary N) is 1. The molecule has 0 fully saturated rings. The molecule has 0 atom stereocenters. The molecular formula is C16H12Br3N3O. The van der Waals surface area contributed by atoms with Crippen LogP contribution in [0.15, 0.2) is 56.1 Å². The summed E-state index contributed by atoms with van der Waals surface area (Å²) in [4.78, 5) is 8.55. The number of benzene rings is 2. The molecule has 118 valence electrons. The van der Waals surface area contributed by atoms with Crippen molar-refractivity contribution in [2.75, 3.05) is 18.5 Å². The molecule has 23 heavy (non-hydrogen) atoms. The van der Waals surface area contributed by atoms with Gasteiger partial charge in [0.05, 0.1) is 21.0 Å². The van der Waals surface area contributed by atoms with Gasteiger partial charge in [0.2, 0.25) is 0 Å². The minimum absolute atomic E-state index is 0.511. The Balaban J connectivity index is 1.64. The third-order valence-corrected chi connectivity index (χ3v) is 4.78. The zero-order chi connectivity index (χ0) is 16.2. The van der Waals surface area contributed by atoms with Gasteiger partial charge in [0.15, 0.2) is 0 Å². The van der Waals surface area contributed by atoms with E-state index in [1.807, 2.05) is 36.4 Å². The maximum atomic E-state index is 5.84. The molecule has 7 heteroatoms. The molecule has 0 saturated carbocycles. The van der Waals surface area contributed by atoms with E-state index in [-0.39, 0.29) is 0 Å². The summed E-state index contributed by atoms with van der Waals surface area (Å²) in [5, 5.41) is 4.29. The molecule has 0 radical (unpaired) electrons. The average molecular weight is 502 g/mol. The Morgan fingerprint density at radius 1 is 1.00 bits per heavy atom. The van der Waals surface area contributed by atoms with Crippen LogP contribution in [0.4, 0.5) is 5.82 Å². The number of para-hydroxylation sites is 1. The van der Waals surface area contributed by atoms with Gasteiger partial charge in [-0.25, -0.2) is 9.97 Å². The lowest BCUT2D eigenvalue weighted by atomic mass is 10.2. The summed E-state index contributed by atoms with van der Waals surface area (Å²) >= 11 is 10.4. The molecule has 3 aromatic rings. The lowest BCUT2D eigenvalue weighted by Gasteiger charge is -2.12. The number of rotatable bonds is 5. The second-order valence-electron chi connectivity index (χ2n) is 4.71. The van der Waals surface area contributed by atoms with E-state index in [2.05, 4.69) is 63.1 Å². The highest BCUT2D eigenvalue weighted by Crippen LogP contribution is 2.36. The van der Waals surface area contributed by atoms with E-state index in [9.17, 15) is 0 Å². The highest BCUT2D eigenvalue weighted by Gasteiger charge is 2.08. The number of hydrogen-bond donors (Lipinski definition) is 1. The fourth-order valence-corrected chi connectivity index (χ4v) is 4.62. The summed E-state index contributed by atoms with van der Waals surface area (Å²) in [5.41, 5.74) is 0.921. The van der Waals surface area contributed by atoms with Gasteiger partial charge in [-0.1, -0.05) is 28.1 Å². The third kappa shape index (κ3) is 4.02. The van der Waals surface area contributed by atoms with Crippen LogP contribution < -0.4 is 10.1 Å². The molecule has 0 saturated heterocycles. The smallest absolute Gasteiger partial charge is 0.147 e. The summed E-state index contributed by atoms with van der Waals surface area (Å²) in [6.45, 7) is 1.15. The molecule has 0 bridgehead atoms. The highest BCUT2D eigenvalue weighted by molar-refractivity contribution is 9.11. The molecule has 0 aliphatic heterocycles. The fourth-order valence-electron chi connectivity index (χ4n) is 2.14. The minimum Gasteiger partial charge on any atom is -0.489 e. The Labute approximate surface area is 159 Å². The van der Waals surface area contributed by atoms with Crippen molar-refractivity contribution in [2.45, 2.75) is 0 Å². The maximum Gasteiger partial charge on any atom is 0.147 e. The fraction of sp³-hybridized carbons (Fsp3) is 0.125. The van der Waals surface area contributed by atoms with Crippen molar-refractivity contribution in [3.05, 3.63) is 56.1 Å². The molecule has 1 aromatic heterocycles. The van der Waals surface area contributed by atoms with Crippen molar-refractivity contribution in [1.82, 2.24) is 9.97 Å². The van der Waals surface area contributed by atoms with Crippen LogP contribution in [0, 0.1) is 0 Å². The molecule has 0 aliphatic carbocycles. The second kappa shape index (κ2) is 7.59. The molecule has 0 spiro atoms. The number of nitrogens with zero attached hydrogens (tertiary/aromatic N) is 2. The predicted molar refractivity (Wildman–Crippen MR) is 103 cm³/mol. The topological polar surface area (TPSA) is 47.0 Å². The highest BCUT2D eigenvalue weighted by atomic mass is 79.9. The van der Waals surface area contributed by atoms with Gasteiger partial charge in [-0.05, 0) is 56.1 Å². The first-order chi connectivity index (χ1) is 11.1. The van der Waals surface area contributed by atoms with Crippen LogP contribution in [0.1, 0.15) is 0 Å². The number of aromatic nitrogens is 2. The molecular weight excluding hydrogens is 490 g/mol. The molecule has 1 N–H and O–H groups in total. The Kier molecular flexibility index (Phi) is 5.50. The van der Waals surface area contributed by atoms with E-state index in [1.54, 1.807) is 6.33 Å². The van der Waals surface area contributed by atoms with Crippen LogP contribution in [0.2, 0.25) is 0 Å². The van der Waals surface area contributed by atoms with E-state index < -0.39 is 0 Å².